The number of rotatable bonds is 10. The van der Waals surface area contributed by atoms with Gasteiger partial charge in [-0.3, -0.25) is 4.79 Å². The molecule has 6 heteroatoms. The Morgan fingerprint density at radius 2 is 1.79 bits per heavy atom. The fourth-order valence-corrected chi connectivity index (χ4v) is 4.05. The van der Waals surface area contributed by atoms with Crippen LogP contribution in [0.3, 0.4) is 0 Å². The Morgan fingerprint density at radius 1 is 1.14 bits per heavy atom. The van der Waals surface area contributed by atoms with Crippen LogP contribution in [0.4, 0.5) is 0 Å². The Hall–Kier alpha value is -1.46. The van der Waals surface area contributed by atoms with Crippen molar-refractivity contribution in [3.8, 4) is 11.5 Å². The highest BCUT2D eigenvalue weighted by Crippen LogP contribution is 2.29. The maximum Gasteiger partial charge on any atom is 0.223 e. The monoisotopic (exact) mass is 426 g/mol. The van der Waals surface area contributed by atoms with E-state index in [4.69, 9.17) is 4.74 Å². The Kier molecular flexibility index (Phi) is 11.4. The lowest BCUT2D eigenvalue weighted by Gasteiger charge is -2.36. The van der Waals surface area contributed by atoms with Gasteiger partial charge in [-0.15, -0.1) is 12.4 Å². The predicted octanol–water partition coefficient (Wildman–Crippen LogP) is 4.50. The number of unbranched alkanes of at least 4 members (excludes halogenated alkanes) is 1. The van der Waals surface area contributed by atoms with Gasteiger partial charge >= 0.3 is 0 Å². The molecule has 0 heterocycles. The van der Waals surface area contributed by atoms with Crippen molar-refractivity contribution in [2.24, 2.45) is 5.92 Å². The number of aryl methyl sites for hydroxylation is 1. The molecule has 0 aliphatic heterocycles. The maximum absolute atomic E-state index is 13.1. The van der Waals surface area contributed by atoms with Crippen LogP contribution < -0.4 is 4.74 Å². The predicted molar refractivity (Wildman–Crippen MR) is 121 cm³/mol. The third-order valence-corrected chi connectivity index (χ3v) is 5.87. The summed E-state index contributed by atoms with van der Waals surface area (Å²) in [7, 11) is 5.73. The molecule has 0 unspecified atom stereocenters. The highest BCUT2D eigenvalue weighted by Gasteiger charge is 2.27. The van der Waals surface area contributed by atoms with Crippen molar-refractivity contribution in [2.45, 2.75) is 64.3 Å². The minimum atomic E-state index is 0. The smallest absolute Gasteiger partial charge is 0.223 e. The summed E-state index contributed by atoms with van der Waals surface area (Å²) in [4.78, 5) is 17.4. The van der Waals surface area contributed by atoms with Gasteiger partial charge in [0.2, 0.25) is 5.91 Å². The summed E-state index contributed by atoms with van der Waals surface area (Å²) in [5.74, 6) is 1.64. The molecule has 166 valence electrons. The summed E-state index contributed by atoms with van der Waals surface area (Å²) < 4.78 is 5.18. The van der Waals surface area contributed by atoms with Crippen molar-refractivity contribution >= 4 is 18.3 Å². The zero-order valence-corrected chi connectivity index (χ0v) is 19.3. The Balaban J connectivity index is 0.00000420. The number of nitrogens with zero attached hydrogens (tertiary/aromatic N) is 2. The van der Waals surface area contributed by atoms with Gasteiger partial charge in [-0.25, -0.2) is 0 Å². The quantitative estimate of drug-likeness (QED) is 0.559. The molecule has 1 aliphatic rings. The Morgan fingerprint density at radius 3 is 2.41 bits per heavy atom. The summed E-state index contributed by atoms with van der Waals surface area (Å²) in [5, 5.41) is 9.75. The lowest BCUT2D eigenvalue weighted by atomic mass is 9.86. The van der Waals surface area contributed by atoms with Gasteiger partial charge < -0.3 is 19.6 Å². The van der Waals surface area contributed by atoms with Crippen LogP contribution in [0.1, 0.15) is 57.4 Å². The van der Waals surface area contributed by atoms with Crippen molar-refractivity contribution in [1.82, 2.24) is 9.80 Å². The van der Waals surface area contributed by atoms with E-state index >= 15 is 0 Å². The first-order valence-electron chi connectivity index (χ1n) is 10.7. The molecule has 2 rings (SSSR count). The van der Waals surface area contributed by atoms with E-state index in [1.165, 1.54) is 12.8 Å². The molecule has 1 N–H and O–H groups in total. The van der Waals surface area contributed by atoms with E-state index in [2.05, 4.69) is 30.8 Å². The first-order valence-corrected chi connectivity index (χ1v) is 10.7. The van der Waals surface area contributed by atoms with Crippen molar-refractivity contribution in [3.63, 3.8) is 0 Å². The summed E-state index contributed by atoms with van der Waals surface area (Å²) >= 11 is 0. The van der Waals surface area contributed by atoms with E-state index in [1.54, 1.807) is 13.2 Å². The number of hydrogen-bond acceptors (Lipinski definition) is 4. The van der Waals surface area contributed by atoms with Gasteiger partial charge in [-0.2, -0.15) is 0 Å². The molecule has 0 atom stereocenters. The van der Waals surface area contributed by atoms with Crippen molar-refractivity contribution in [1.29, 1.82) is 0 Å². The molecular formula is C23H39ClN2O3. The fraction of sp³-hybridized carbons (Fsp3) is 0.696. The van der Waals surface area contributed by atoms with E-state index in [0.29, 0.717) is 24.6 Å². The molecular weight excluding hydrogens is 388 g/mol. The molecule has 0 radical (unpaired) electrons. The lowest BCUT2D eigenvalue weighted by Crippen LogP contribution is -2.43. The Bertz CT molecular complexity index is 616. The lowest BCUT2D eigenvalue weighted by molar-refractivity contribution is -0.134. The summed E-state index contributed by atoms with van der Waals surface area (Å²) in [5.41, 5.74) is 1.02. The van der Waals surface area contributed by atoms with Gasteiger partial charge in [-0.05, 0) is 89.2 Å². The molecule has 0 saturated heterocycles. The van der Waals surface area contributed by atoms with Crippen molar-refractivity contribution in [3.05, 3.63) is 23.8 Å². The fourth-order valence-electron chi connectivity index (χ4n) is 4.05. The number of amides is 1. The van der Waals surface area contributed by atoms with Gasteiger partial charge in [0.15, 0.2) is 11.5 Å². The minimum absolute atomic E-state index is 0. The third kappa shape index (κ3) is 8.43. The zero-order chi connectivity index (χ0) is 20.5. The van der Waals surface area contributed by atoms with Gasteiger partial charge in [0, 0.05) is 19.0 Å². The Labute approximate surface area is 182 Å². The molecule has 0 bridgehead atoms. The van der Waals surface area contributed by atoms with Crippen LogP contribution in [0.2, 0.25) is 0 Å². The molecule has 1 aromatic carbocycles. The molecule has 1 fully saturated rings. The second-order valence-corrected chi connectivity index (χ2v) is 8.52. The number of carbonyl (C=O) groups excluding carboxylic acids is 1. The number of methoxy groups -OCH3 is 1. The number of aromatic hydroxyl groups is 1. The highest BCUT2D eigenvalue weighted by molar-refractivity contribution is 5.85. The molecule has 5 nitrogen and oxygen atoms in total. The van der Waals surface area contributed by atoms with Crippen LogP contribution in [0.15, 0.2) is 18.2 Å². The average molecular weight is 427 g/mol. The third-order valence-electron chi connectivity index (χ3n) is 5.87. The van der Waals surface area contributed by atoms with Gasteiger partial charge in [-0.1, -0.05) is 13.0 Å². The van der Waals surface area contributed by atoms with Gasteiger partial charge in [0.05, 0.1) is 7.11 Å². The van der Waals surface area contributed by atoms with Gasteiger partial charge in [0.25, 0.3) is 0 Å². The van der Waals surface area contributed by atoms with E-state index in [1.807, 2.05) is 12.1 Å². The molecule has 1 saturated carbocycles. The number of benzene rings is 1. The van der Waals surface area contributed by atoms with Crippen molar-refractivity contribution in [2.75, 3.05) is 34.3 Å². The number of phenols is 1. The largest absolute Gasteiger partial charge is 0.504 e. The van der Waals surface area contributed by atoms with E-state index in [-0.39, 0.29) is 24.1 Å². The number of ether oxygens (including phenoxy) is 1. The standard InChI is InChI=1S/C23H38N2O3.ClH/c1-18-7-11-20(12-8-18)25(16-6-5-15-24(2)3)23(27)14-10-19-9-13-21(26)22(17-19)28-4;/h9,13,17-18,20,26H,5-8,10-12,14-16H2,1-4H3;1H. The zero-order valence-electron chi connectivity index (χ0n) is 18.5. The highest BCUT2D eigenvalue weighted by atomic mass is 35.5. The van der Waals surface area contributed by atoms with Crippen LogP contribution in [0.25, 0.3) is 0 Å². The van der Waals surface area contributed by atoms with Crippen LogP contribution in [-0.2, 0) is 11.2 Å². The first kappa shape index (κ1) is 25.6. The first-order chi connectivity index (χ1) is 13.4. The van der Waals surface area contributed by atoms with Crippen LogP contribution in [0, 0.1) is 5.92 Å². The molecule has 1 aromatic rings. The molecule has 29 heavy (non-hydrogen) atoms. The number of hydrogen-bond donors (Lipinski definition) is 1. The number of halogens is 1. The van der Waals surface area contributed by atoms with Crippen molar-refractivity contribution < 1.29 is 14.6 Å². The SMILES string of the molecule is COc1cc(CCC(=O)N(CCCCN(C)C)C2CCC(C)CC2)ccc1O.Cl. The summed E-state index contributed by atoms with van der Waals surface area (Å²) in [6.45, 7) is 4.25. The second kappa shape index (κ2) is 13.0. The van der Waals surface area contributed by atoms with E-state index in [0.717, 1.165) is 50.3 Å². The van der Waals surface area contributed by atoms with Crippen LogP contribution >= 0.6 is 12.4 Å². The van der Waals surface area contributed by atoms with Crippen LogP contribution in [0.5, 0.6) is 11.5 Å². The summed E-state index contributed by atoms with van der Waals surface area (Å²) in [6, 6.07) is 5.74. The maximum atomic E-state index is 13.1. The molecule has 1 aliphatic carbocycles. The number of phenolic OH excluding ortho intramolecular Hbond substituents is 1. The van der Waals surface area contributed by atoms with E-state index < -0.39 is 0 Å². The molecule has 0 spiro atoms. The minimum Gasteiger partial charge on any atom is -0.504 e. The average Bonchev–Trinajstić information content (AvgIpc) is 2.68. The van der Waals surface area contributed by atoms with Gasteiger partial charge in [0.1, 0.15) is 0 Å². The molecule has 0 aromatic heterocycles. The summed E-state index contributed by atoms with van der Waals surface area (Å²) in [6.07, 6.45) is 8.07. The topological polar surface area (TPSA) is 53.0 Å². The van der Waals surface area contributed by atoms with E-state index in [9.17, 15) is 9.90 Å². The number of carbonyl (C=O) groups is 1. The molecule has 1 amide bonds. The normalized spacial score (nSPS) is 18.9. The second-order valence-electron chi connectivity index (χ2n) is 8.52. The van der Waals surface area contributed by atoms with Crippen LogP contribution in [-0.4, -0.2) is 61.2 Å².